The lowest BCUT2D eigenvalue weighted by atomic mass is 9.90. The highest BCUT2D eigenvalue weighted by Gasteiger charge is 2.39. The van der Waals surface area contributed by atoms with Crippen LogP contribution < -0.4 is 10.6 Å². The molecule has 0 aromatic heterocycles. The molecule has 1 heterocycles. The molecular formula is C13H16N2O3. The number of allylic oxidation sites excluding steroid dienone is 2. The van der Waals surface area contributed by atoms with Crippen LogP contribution >= 0.6 is 0 Å². The maximum absolute atomic E-state index is 12.0. The molecule has 18 heavy (non-hydrogen) atoms. The van der Waals surface area contributed by atoms with Crippen molar-refractivity contribution in [3.05, 3.63) is 23.8 Å². The second-order valence-corrected chi connectivity index (χ2v) is 4.80. The van der Waals surface area contributed by atoms with Crippen molar-refractivity contribution in [3.63, 3.8) is 0 Å². The van der Waals surface area contributed by atoms with Crippen molar-refractivity contribution in [2.75, 3.05) is 0 Å². The van der Waals surface area contributed by atoms with E-state index in [4.69, 9.17) is 0 Å². The van der Waals surface area contributed by atoms with Gasteiger partial charge in [-0.1, -0.05) is 18.2 Å². The Kier molecular flexibility index (Phi) is 3.32. The SMILES string of the molecule is CC1(NC(=O)C2=CCCC=C2)CCC(=O)NC1=O. The van der Waals surface area contributed by atoms with E-state index >= 15 is 0 Å². The van der Waals surface area contributed by atoms with E-state index in [2.05, 4.69) is 10.6 Å². The number of imide groups is 1. The van der Waals surface area contributed by atoms with E-state index < -0.39 is 11.4 Å². The summed E-state index contributed by atoms with van der Waals surface area (Å²) in [5, 5.41) is 4.96. The first-order chi connectivity index (χ1) is 8.51. The molecule has 5 nitrogen and oxygen atoms in total. The van der Waals surface area contributed by atoms with E-state index in [1.54, 1.807) is 13.0 Å². The van der Waals surface area contributed by atoms with Gasteiger partial charge >= 0.3 is 0 Å². The predicted octanol–water partition coefficient (Wildman–Crippen LogP) is 0.574. The largest absolute Gasteiger partial charge is 0.338 e. The van der Waals surface area contributed by atoms with Crippen molar-refractivity contribution in [2.24, 2.45) is 0 Å². The number of hydrogen-bond donors (Lipinski definition) is 2. The van der Waals surface area contributed by atoms with Crippen LogP contribution in [0.4, 0.5) is 0 Å². The average Bonchev–Trinajstić information content (AvgIpc) is 2.36. The molecule has 0 aromatic carbocycles. The lowest BCUT2D eigenvalue weighted by molar-refractivity contribution is -0.140. The standard InChI is InChI=1S/C13H16N2O3/c1-13(8-7-10(16)14-12(13)18)15-11(17)9-5-3-2-4-6-9/h3,5-6H,2,4,7-8H2,1H3,(H,15,17)(H,14,16,18). The smallest absolute Gasteiger partial charge is 0.252 e. The lowest BCUT2D eigenvalue weighted by Crippen LogP contribution is -2.61. The normalized spacial score (nSPS) is 27.5. The Morgan fingerprint density at radius 3 is 2.78 bits per heavy atom. The van der Waals surface area contributed by atoms with E-state index in [0.29, 0.717) is 12.0 Å². The van der Waals surface area contributed by atoms with Gasteiger partial charge in [0.2, 0.25) is 5.91 Å². The molecule has 0 saturated carbocycles. The highest BCUT2D eigenvalue weighted by Crippen LogP contribution is 2.19. The second-order valence-electron chi connectivity index (χ2n) is 4.80. The fourth-order valence-corrected chi connectivity index (χ4v) is 2.03. The summed E-state index contributed by atoms with van der Waals surface area (Å²) in [7, 11) is 0. The summed E-state index contributed by atoms with van der Waals surface area (Å²) >= 11 is 0. The molecule has 0 spiro atoms. The van der Waals surface area contributed by atoms with Crippen LogP contribution in [0.1, 0.15) is 32.6 Å². The zero-order valence-corrected chi connectivity index (χ0v) is 10.3. The molecule has 0 bridgehead atoms. The predicted molar refractivity (Wildman–Crippen MR) is 65.4 cm³/mol. The van der Waals surface area contributed by atoms with Crippen molar-refractivity contribution in [2.45, 2.75) is 38.1 Å². The molecule has 3 amide bonds. The Morgan fingerprint density at radius 1 is 1.39 bits per heavy atom. The number of piperidine rings is 1. The Hall–Kier alpha value is -1.91. The van der Waals surface area contributed by atoms with Gasteiger partial charge in [0.25, 0.3) is 11.8 Å². The van der Waals surface area contributed by atoms with Crippen LogP contribution in [0.25, 0.3) is 0 Å². The summed E-state index contributed by atoms with van der Waals surface area (Å²) < 4.78 is 0. The minimum absolute atomic E-state index is 0.247. The minimum Gasteiger partial charge on any atom is -0.338 e. The molecule has 1 atom stereocenters. The molecule has 1 unspecified atom stereocenters. The number of carbonyl (C=O) groups excluding carboxylic acids is 3. The third kappa shape index (κ3) is 2.50. The first-order valence-electron chi connectivity index (χ1n) is 6.05. The fourth-order valence-electron chi connectivity index (χ4n) is 2.03. The van der Waals surface area contributed by atoms with Crippen molar-refractivity contribution < 1.29 is 14.4 Å². The van der Waals surface area contributed by atoms with Crippen LogP contribution in [-0.4, -0.2) is 23.3 Å². The van der Waals surface area contributed by atoms with Gasteiger partial charge in [-0.05, 0) is 26.2 Å². The van der Waals surface area contributed by atoms with Gasteiger partial charge in [0.05, 0.1) is 0 Å². The monoisotopic (exact) mass is 248 g/mol. The Bertz CT molecular complexity index is 465. The van der Waals surface area contributed by atoms with E-state index in [0.717, 1.165) is 12.8 Å². The van der Waals surface area contributed by atoms with Crippen molar-refractivity contribution in [3.8, 4) is 0 Å². The van der Waals surface area contributed by atoms with E-state index in [-0.39, 0.29) is 18.2 Å². The highest BCUT2D eigenvalue weighted by atomic mass is 16.2. The van der Waals surface area contributed by atoms with E-state index in [1.165, 1.54) is 0 Å². The van der Waals surface area contributed by atoms with Gasteiger partial charge < -0.3 is 5.32 Å². The highest BCUT2D eigenvalue weighted by molar-refractivity contribution is 6.06. The summed E-state index contributed by atoms with van der Waals surface area (Å²) in [5.41, 5.74) is -0.427. The van der Waals surface area contributed by atoms with Gasteiger partial charge in [-0.25, -0.2) is 0 Å². The quantitative estimate of drug-likeness (QED) is 0.702. The van der Waals surface area contributed by atoms with Crippen LogP contribution in [0.5, 0.6) is 0 Å². The molecule has 0 aromatic rings. The zero-order valence-electron chi connectivity index (χ0n) is 10.3. The second kappa shape index (κ2) is 4.76. The molecule has 1 saturated heterocycles. The van der Waals surface area contributed by atoms with Crippen molar-refractivity contribution in [1.29, 1.82) is 0 Å². The van der Waals surface area contributed by atoms with Crippen LogP contribution in [0, 0.1) is 0 Å². The Labute approximate surface area is 105 Å². The summed E-state index contributed by atoms with van der Waals surface area (Å²) in [6.07, 6.45) is 7.89. The van der Waals surface area contributed by atoms with Gasteiger partial charge in [-0.2, -0.15) is 0 Å². The number of nitrogens with one attached hydrogen (secondary N) is 2. The first-order valence-corrected chi connectivity index (χ1v) is 6.05. The molecule has 96 valence electrons. The number of rotatable bonds is 2. The molecule has 1 aliphatic heterocycles. The van der Waals surface area contributed by atoms with E-state index in [1.807, 2.05) is 12.2 Å². The molecule has 1 fully saturated rings. The topological polar surface area (TPSA) is 75.3 Å². The van der Waals surface area contributed by atoms with Gasteiger partial charge in [-0.3, -0.25) is 19.7 Å². The number of amides is 3. The molecule has 0 radical (unpaired) electrons. The Morgan fingerprint density at radius 2 is 2.17 bits per heavy atom. The summed E-state index contributed by atoms with van der Waals surface area (Å²) in [6, 6.07) is 0. The molecule has 1 aliphatic carbocycles. The molecular weight excluding hydrogens is 232 g/mol. The number of carbonyl (C=O) groups is 3. The molecule has 5 heteroatoms. The van der Waals surface area contributed by atoms with Gasteiger partial charge in [0, 0.05) is 12.0 Å². The van der Waals surface area contributed by atoms with E-state index in [9.17, 15) is 14.4 Å². The number of hydrogen-bond acceptors (Lipinski definition) is 3. The zero-order chi connectivity index (χ0) is 13.2. The molecule has 2 N–H and O–H groups in total. The summed E-state index contributed by atoms with van der Waals surface area (Å²) in [5.74, 6) is -0.992. The summed E-state index contributed by atoms with van der Waals surface area (Å²) in [6.45, 7) is 1.64. The first kappa shape index (κ1) is 12.5. The average molecular weight is 248 g/mol. The molecule has 2 aliphatic rings. The van der Waals surface area contributed by atoms with Crippen molar-refractivity contribution >= 4 is 17.7 Å². The molecule has 2 rings (SSSR count). The maximum Gasteiger partial charge on any atom is 0.252 e. The lowest BCUT2D eigenvalue weighted by Gasteiger charge is -2.32. The van der Waals surface area contributed by atoms with Crippen LogP contribution in [0.2, 0.25) is 0 Å². The van der Waals surface area contributed by atoms with Gasteiger partial charge in [0.15, 0.2) is 0 Å². The third-order valence-corrected chi connectivity index (χ3v) is 3.25. The summed E-state index contributed by atoms with van der Waals surface area (Å²) in [4.78, 5) is 34.8. The van der Waals surface area contributed by atoms with Crippen molar-refractivity contribution in [1.82, 2.24) is 10.6 Å². The van der Waals surface area contributed by atoms with Crippen LogP contribution in [0.15, 0.2) is 23.8 Å². The minimum atomic E-state index is -1.00. The van der Waals surface area contributed by atoms with Gasteiger partial charge in [-0.15, -0.1) is 0 Å². The maximum atomic E-state index is 12.0. The Balaban J connectivity index is 2.06. The third-order valence-electron chi connectivity index (χ3n) is 3.25. The fraction of sp³-hybridized carbons (Fsp3) is 0.462. The van der Waals surface area contributed by atoms with Crippen LogP contribution in [-0.2, 0) is 14.4 Å². The van der Waals surface area contributed by atoms with Gasteiger partial charge in [0.1, 0.15) is 5.54 Å². The van der Waals surface area contributed by atoms with Crippen LogP contribution in [0.3, 0.4) is 0 Å².